The van der Waals surface area contributed by atoms with Crippen molar-refractivity contribution in [3.63, 3.8) is 0 Å². The fraction of sp³-hybridized carbons (Fsp3) is 0.250. The quantitative estimate of drug-likeness (QED) is 0.818. The van der Waals surface area contributed by atoms with Gasteiger partial charge in [0, 0.05) is 6.20 Å². The third-order valence-electron chi connectivity index (χ3n) is 1.91. The Morgan fingerprint density at radius 3 is 2.81 bits per heavy atom. The van der Waals surface area contributed by atoms with Crippen molar-refractivity contribution in [1.82, 2.24) is 9.29 Å². The number of nitrogens with one attached hydrogen (secondary N) is 1. The maximum atomic E-state index is 11.7. The molecule has 0 spiro atoms. The van der Waals surface area contributed by atoms with E-state index in [-0.39, 0.29) is 19.0 Å². The van der Waals surface area contributed by atoms with Crippen LogP contribution in [0.5, 0.6) is 0 Å². The van der Waals surface area contributed by atoms with E-state index in [2.05, 4.69) is 14.4 Å². The summed E-state index contributed by atoms with van der Waals surface area (Å²) in [7, 11) is -3.92. The molecule has 0 aromatic carbocycles. The van der Waals surface area contributed by atoms with E-state index >= 15 is 0 Å². The molecule has 0 bridgehead atoms. The molecule has 0 atom stereocenters. The van der Waals surface area contributed by atoms with Gasteiger partial charge in [-0.1, -0.05) is 6.07 Å². The summed E-state index contributed by atoms with van der Waals surface area (Å²) < 4.78 is 30.7. The zero-order chi connectivity index (χ0) is 11.6. The first-order valence-corrected chi connectivity index (χ1v) is 5.92. The summed E-state index contributed by atoms with van der Waals surface area (Å²) in [5.74, 6) is 0.155. The van der Waals surface area contributed by atoms with Crippen LogP contribution in [0.4, 0.5) is 10.6 Å². The summed E-state index contributed by atoms with van der Waals surface area (Å²) in [6.45, 7) is 0.0863. The van der Waals surface area contributed by atoms with Crippen LogP contribution in [0.2, 0.25) is 0 Å². The van der Waals surface area contributed by atoms with Crippen molar-refractivity contribution < 1.29 is 17.9 Å². The standard InChI is InChI=1S/C8H9N3O4S/c12-8-11(5-6-15-8)16(13,14)10-7-3-1-2-4-9-7/h1-4H,5-6H2,(H,9,10). The highest BCUT2D eigenvalue weighted by molar-refractivity contribution is 7.90. The van der Waals surface area contributed by atoms with E-state index in [0.717, 1.165) is 0 Å². The van der Waals surface area contributed by atoms with Crippen molar-refractivity contribution in [2.24, 2.45) is 0 Å². The molecule has 1 aliphatic rings. The molecular weight excluding hydrogens is 234 g/mol. The number of carbonyl (C=O) groups is 1. The summed E-state index contributed by atoms with van der Waals surface area (Å²) in [6, 6.07) is 4.77. The maximum absolute atomic E-state index is 11.7. The molecule has 1 amide bonds. The number of pyridine rings is 1. The van der Waals surface area contributed by atoms with Gasteiger partial charge in [0.2, 0.25) is 0 Å². The second-order valence-corrected chi connectivity index (χ2v) is 4.60. The van der Waals surface area contributed by atoms with Crippen molar-refractivity contribution in [3.05, 3.63) is 24.4 Å². The molecule has 1 saturated heterocycles. The van der Waals surface area contributed by atoms with Gasteiger partial charge in [-0.05, 0) is 12.1 Å². The zero-order valence-electron chi connectivity index (χ0n) is 8.16. The predicted octanol–water partition coefficient (Wildman–Crippen LogP) is 0.191. The van der Waals surface area contributed by atoms with Crippen LogP contribution in [0.15, 0.2) is 24.4 Å². The van der Waals surface area contributed by atoms with Crippen LogP contribution in [0.25, 0.3) is 0 Å². The first kappa shape index (κ1) is 10.7. The van der Waals surface area contributed by atoms with E-state index in [1.54, 1.807) is 12.1 Å². The molecular formula is C8H9N3O4S. The average molecular weight is 243 g/mol. The molecule has 1 aromatic heterocycles. The summed E-state index contributed by atoms with van der Waals surface area (Å²) in [4.78, 5) is 14.9. The lowest BCUT2D eigenvalue weighted by atomic mass is 10.5. The lowest BCUT2D eigenvalue weighted by Gasteiger charge is -2.13. The van der Waals surface area contributed by atoms with Gasteiger partial charge in [-0.25, -0.2) is 14.5 Å². The molecule has 1 aromatic rings. The van der Waals surface area contributed by atoms with Gasteiger partial charge >= 0.3 is 16.3 Å². The molecule has 0 unspecified atom stereocenters. The van der Waals surface area contributed by atoms with Crippen LogP contribution in [-0.2, 0) is 14.9 Å². The smallest absolute Gasteiger partial charge is 0.425 e. The number of hydrogen-bond donors (Lipinski definition) is 1. The summed E-state index contributed by atoms with van der Waals surface area (Å²) in [5, 5.41) is 0. The van der Waals surface area contributed by atoms with Crippen molar-refractivity contribution in [2.75, 3.05) is 17.9 Å². The first-order valence-electron chi connectivity index (χ1n) is 4.48. The molecule has 1 N–H and O–H groups in total. The second-order valence-electron chi connectivity index (χ2n) is 3.01. The third kappa shape index (κ3) is 2.06. The first-order chi connectivity index (χ1) is 7.59. The Kier molecular flexibility index (Phi) is 2.65. The Labute approximate surface area is 92.2 Å². The Bertz CT molecular complexity index is 487. The summed E-state index contributed by atoms with van der Waals surface area (Å²) >= 11 is 0. The number of cyclic esters (lactones) is 1. The average Bonchev–Trinajstić information content (AvgIpc) is 2.66. The van der Waals surface area contributed by atoms with Gasteiger partial charge in [-0.15, -0.1) is 0 Å². The number of ether oxygens (including phenoxy) is 1. The van der Waals surface area contributed by atoms with Gasteiger partial charge in [0.1, 0.15) is 12.4 Å². The van der Waals surface area contributed by atoms with Crippen molar-refractivity contribution in [3.8, 4) is 0 Å². The number of hydrogen-bond acceptors (Lipinski definition) is 5. The second kappa shape index (κ2) is 3.97. The predicted molar refractivity (Wildman–Crippen MR) is 54.8 cm³/mol. The topological polar surface area (TPSA) is 88.6 Å². The number of rotatable bonds is 3. The molecule has 86 valence electrons. The fourth-order valence-corrected chi connectivity index (χ4v) is 2.27. The number of aromatic nitrogens is 1. The minimum atomic E-state index is -3.92. The lowest BCUT2D eigenvalue weighted by molar-refractivity contribution is 0.170. The van der Waals surface area contributed by atoms with Gasteiger partial charge in [0.25, 0.3) is 0 Å². The molecule has 2 heterocycles. The SMILES string of the molecule is O=C1OCCN1S(=O)(=O)Nc1ccccn1. The highest BCUT2D eigenvalue weighted by Gasteiger charge is 2.33. The molecule has 1 aliphatic heterocycles. The maximum Gasteiger partial charge on any atom is 0.425 e. The van der Waals surface area contributed by atoms with Gasteiger partial charge in [0.05, 0.1) is 6.54 Å². The molecule has 8 heteroatoms. The van der Waals surface area contributed by atoms with E-state index in [1.807, 2.05) is 0 Å². The van der Waals surface area contributed by atoms with Crippen molar-refractivity contribution in [2.45, 2.75) is 0 Å². The van der Waals surface area contributed by atoms with Crippen molar-refractivity contribution >= 4 is 22.1 Å². The van der Waals surface area contributed by atoms with E-state index < -0.39 is 16.3 Å². The van der Waals surface area contributed by atoms with E-state index in [0.29, 0.717) is 4.31 Å². The highest BCUT2D eigenvalue weighted by atomic mass is 32.2. The normalized spacial score (nSPS) is 16.0. The third-order valence-corrected chi connectivity index (χ3v) is 3.29. The highest BCUT2D eigenvalue weighted by Crippen LogP contribution is 2.12. The Morgan fingerprint density at radius 1 is 1.44 bits per heavy atom. The van der Waals surface area contributed by atoms with Crippen LogP contribution in [0.1, 0.15) is 0 Å². The molecule has 16 heavy (non-hydrogen) atoms. The van der Waals surface area contributed by atoms with Crippen LogP contribution in [-0.4, -0.2) is 37.0 Å². The summed E-state index contributed by atoms with van der Waals surface area (Å²) in [5.41, 5.74) is 0. The molecule has 7 nitrogen and oxygen atoms in total. The van der Waals surface area contributed by atoms with Gasteiger partial charge in [-0.3, -0.25) is 0 Å². The zero-order valence-corrected chi connectivity index (χ0v) is 8.98. The molecule has 2 rings (SSSR count). The van der Waals surface area contributed by atoms with Crippen LogP contribution in [0.3, 0.4) is 0 Å². The number of anilines is 1. The Morgan fingerprint density at radius 2 is 2.25 bits per heavy atom. The number of carbonyl (C=O) groups excluding carboxylic acids is 1. The molecule has 1 fully saturated rings. The minimum Gasteiger partial charge on any atom is -0.447 e. The molecule has 0 saturated carbocycles. The fourth-order valence-electron chi connectivity index (χ4n) is 1.21. The Balaban J connectivity index is 2.18. The summed E-state index contributed by atoms with van der Waals surface area (Å²) in [6.07, 6.45) is 0.573. The number of nitrogens with zero attached hydrogens (tertiary/aromatic N) is 2. The van der Waals surface area contributed by atoms with Gasteiger partial charge < -0.3 is 4.74 Å². The largest absolute Gasteiger partial charge is 0.447 e. The molecule has 0 radical (unpaired) electrons. The van der Waals surface area contributed by atoms with Crippen LogP contribution < -0.4 is 4.72 Å². The van der Waals surface area contributed by atoms with Gasteiger partial charge in [0.15, 0.2) is 0 Å². The number of amides is 1. The van der Waals surface area contributed by atoms with Gasteiger partial charge in [-0.2, -0.15) is 12.7 Å². The molecule has 0 aliphatic carbocycles. The van der Waals surface area contributed by atoms with Crippen molar-refractivity contribution in [1.29, 1.82) is 0 Å². The lowest BCUT2D eigenvalue weighted by Crippen LogP contribution is -2.36. The minimum absolute atomic E-state index is 0.0149. The van der Waals surface area contributed by atoms with Crippen LogP contribution >= 0.6 is 0 Å². The van der Waals surface area contributed by atoms with E-state index in [4.69, 9.17) is 0 Å². The Hall–Kier alpha value is -1.83. The monoisotopic (exact) mass is 243 g/mol. The van der Waals surface area contributed by atoms with E-state index in [9.17, 15) is 13.2 Å². The van der Waals surface area contributed by atoms with E-state index in [1.165, 1.54) is 12.3 Å². The van der Waals surface area contributed by atoms with Crippen LogP contribution in [0, 0.1) is 0 Å².